The number of nitrogens with zero attached hydrogens (tertiary/aromatic N) is 1. The van der Waals surface area contributed by atoms with Crippen LogP contribution in [0.25, 0.3) is 0 Å². The Bertz CT molecular complexity index is 925. The van der Waals surface area contributed by atoms with Gasteiger partial charge in [-0.3, -0.25) is 19.2 Å². The lowest BCUT2D eigenvalue weighted by molar-refractivity contribution is -0.268. The van der Waals surface area contributed by atoms with Crippen molar-refractivity contribution in [1.82, 2.24) is 10.2 Å². The first-order valence-corrected chi connectivity index (χ1v) is 13.1. The van der Waals surface area contributed by atoms with Gasteiger partial charge >= 0.3 is 11.9 Å². The summed E-state index contributed by atoms with van der Waals surface area (Å²) in [5, 5.41) is 33.0. The number of hydrogen-bond donors (Lipinski definition) is 6. The first-order chi connectivity index (χ1) is 18.9. The molecule has 41 heavy (non-hydrogen) atoms. The minimum absolute atomic E-state index is 0.258. The summed E-state index contributed by atoms with van der Waals surface area (Å²) in [4.78, 5) is 62.5. The number of carbonyl (C=O) groups excluding carboxylic acids is 5. The quantitative estimate of drug-likeness (QED) is 0.0884. The third-order valence-corrected chi connectivity index (χ3v) is 6.07. The summed E-state index contributed by atoms with van der Waals surface area (Å²) in [7, 11) is 0. The number of amides is 3. The van der Waals surface area contributed by atoms with Crippen molar-refractivity contribution in [2.75, 3.05) is 19.9 Å². The van der Waals surface area contributed by atoms with Gasteiger partial charge in [0.15, 0.2) is 6.29 Å². The molecule has 0 aromatic carbocycles. The van der Waals surface area contributed by atoms with Gasteiger partial charge in [-0.15, -0.1) is 0 Å². The zero-order valence-corrected chi connectivity index (χ0v) is 24.3. The van der Waals surface area contributed by atoms with Gasteiger partial charge in [-0.1, -0.05) is 0 Å². The van der Waals surface area contributed by atoms with Crippen LogP contribution in [0.4, 0.5) is 0 Å². The number of esters is 2. The molecule has 0 saturated carbocycles. The van der Waals surface area contributed by atoms with Crippen LogP contribution in [0.1, 0.15) is 54.4 Å². The van der Waals surface area contributed by atoms with E-state index in [0.29, 0.717) is 0 Å². The van der Waals surface area contributed by atoms with Crippen LogP contribution in [-0.2, 0) is 42.9 Å². The normalized spacial score (nSPS) is 24.9. The summed E-state index contributed by atoms with van der Waals surface area (Å²) >= 11 is 0. The number of rotatable bonds is 14. The molecule has 0 aromatic rings. The summed E-state index contributed by atoms with van der Waals surface area (Å²) in [5.41, 5.74) is 10.2. The monoisotopic (exact) mass is 592 g/mol. The Balaban J connectivity index is 3.23. The molecule has 0 spiro atoms. The van der Waals surface area contributed by atoms with E-state index in [1.165, 1.54) is 20.8 Å². The summed E-state index contributed by atoms with van der Waals surface area (Å²) in [5.74, 6) is -3.70. The molecule has 1 rings (SSSR count). The molecule has 1 aliphatic rings. The second kappa shape index (κ2) is 15.9. The van der Waals surface area contributed by atoms with Gasteiger partial charge in [0.05, 0.1) is 24.2 Å². The number of carbonyl (C=O) groups is 5. The van der Waals surface area contributed by atoms with Gasteiger partial charge in [0.2, 0.25) is 24.5 Å². The molecule has 3 amide bonds. The molecule has 1 saturated heterocycles. The molecule has 8 atom stereocenters. The van der Waals surface area contributed by atoms with E-state index in [0.717, 1.165) is 4.90 Å². The van der Waals surface area contributed by atoms with Crippen molar-refractivity contribution in [2.45, 2.75) is 103 Å². The molecule has 16 nitrogen and oxygen atoms in total. The number of ether oxygens (including phenoxy) is 4. The highest BCUT2D eigenvalue weighted by molar-refractivity contribution is 5.88. The molecular formula is C25H44N4O12. The topological polar surface area (TPSA) is 250 Å². The summed E-state index contributed by atoms with van der Waals surface area (Å²) in [6.45, 7) is 7.08. The van der Waals surface area contributed by atoms with Crippen molar-refractivity contribution in [2.24, 2.45) is 16.9 Å². The summed E-state index contributed by atoms with van der Waals surface area (Å²) < 4.78 is 21.1. The molecule has 1 unspecified atom stereocenters. The summed E-state index contributed by atoms with van der Waals surface area (Å²) in [6.07, 6.45) is -7.26. The molecule has 1 aliphatic heterocycles. The van der Waals surface area contributed by atoms with Gasteiger partial charge < -0.3 is 56.0 Å². The van der Waals surface area contributed by atoms with E-state index in [2.05, 4.69) is 5.32 Å². The van der Waals surface area contributed by atoms with E-state index >= 15 is 0 Å². The fourth-order valence-electron chi connectivity index (χ4n) is 3.99. The van der Waals surface area contributed by atoms with E-state index in [1.807, 2.05) is 0 Å². The lowest BCUT2D eigenvalue weighted by atomic mass is 9.96. The van der Waals surface area contributed by atoms with Gasteiger partial charge in [0, 0.05) is 19.9 Å². The van der Waals surface area contributed by atoms with Crippen LogP contribution in [0.3, 0.4) is 0 Å². The molecule has 0 radical (unpaired) electrons. The van der Waals surface area contributed by atoms with E-state index < -0.39 is 97.3 Å². The van der Waals surface area contributed by atoms with E-state index in [9.17, 15) is 39.3 Å². The molecule has 236 valence electrons. The molecule has 8 N–H and O–H groups in total. The predicted octanol–water partition coefficient (Wildman–Crippen LogP) is -2.76. The average molecular weight is 593 g/mol. The first kappa shape index (κ1) is 36.1. The second-order valence-electron chi connectivity index (χ2n) is 10.9. The first-order valence-electron chi connectivity index (χ1n) is 13.1. The third kappa shape index (κ3) is 11.1. The maximum atomic E-state index is 13.1. The third-order valence-electron chi connectivity index (χ3n) is 6.07. The van der Waals surface area contributed by atoms with Crippen molar-refractivity contribution in [3.8, 4) is 0 Å². The standard InChI is InChI=1S/C25H44N4O12/c1-12(40-20-18(28-14(3)31)23(36)41-16(10-30)19(20)33)9-29(21(34)13(2)26)15(7-8-17(27)32)22(35)38-11-39-24(37)25(4,5)6/h12-13,15-16,18-20,23,30,33,36H,7-11,26H2,1-6H3,(H2,27,32)(H,28,31)/t12?,13-,15+,16+,18+,19+,20+,23-/m0/s1. The van der Waals surface area contributed by atoms with Crippen molar-refractivity contribution < 1.29 is 58.2 Å². The highest BCUT2D eigenvalue weighted by atomic mass is 16.7. The van der Waals surface area contributed by atoms with Crippen LogP contribution in [0.5, 0.6) is 0 Å². The zero-order valence-electron chi connectivity index (χ0n) is 24.3. The molecule has 0 aliphatic carbocycles. The number of primary amides is 1. The fraction of sp³-hybridized carbons (Fsp3) is 0.800. The fourth-order valence-corrected chi connectivity index (χ4v) is 3.99. The lowest BCUT2D eigenvalue weighted by Gasteiger charge is -2.44. The second-order valence-corrected chi connectivity index (χ2v) is 10.9. The Hall–Kier alpha value is -2.89. The maximum absolute atomic E-state index is 13.1. The molecule has 1 heterocycles. The van der Waals surface area contributed by atoms with E-state index in [1.54, 1.807) is 20.8 Å². The Kier molecular flexibility index (Phi) is 14.0. The van der Waals surface area contributed by atoms with Crippen LogP contribution >= 0.6 is 0 Å². The van der Waals surface area contributed by atoms with Gasteiger partial charge in [0.25, 0.3) is 0 Å². The highest BCUT2D eigenvalue weighted by Gasteiger charge is 2.47. The van der Waals surface area contributed by atoms with Gasteiger partial charge in [-0.2, -0.15) is 0 Å². The van der Waals surface area contributed by atoms with E-state index in [-0.39, 0.29) is 19.4 Å². The number of aliphatic hydroxyl groups is 3. The smallest absolute Gasteiger partial charge is 0.331 e. The molecule has 0 aromatic heterocycles. The van der Waals surface area contributed by atoms with Crippen molar-refractivity contribution in [1.29, 1.82) is 0 Å². The van der Waals surface area contributed by atoms with Crippen LogP contribution in [0.15, 0.2) is 0 Å². The SMILES string of the molecule is CC(=O)N[C@@H]1[C@@H](OC(C)CN(C(=O)[C@H](C)N)[C@H](CCC(N)=O)C(=O)OCOC(=O)C(C)(C)C)[C@H](O)[C@@H](CO)O[C@@H]1O. The maximum Gasteiger partial charge on any atom is 0.331 e. The lowest BCUT2D eigenvalue weighted by Crippen LogP contribution is -2.65. The summed E-state index contributed by atoms with van der Waals surface area (Å²) in [6, 6.07) is -3.76. The van der Waals surface area contributed by atoms with Crippen molar-refractivity contribution in [3.63, 3.8) is 0 Å². The number of nitrogens with one attached hydrogen (secondary N) is 1. The van der Waals surface area contributed by atoms with Crippen LogP contribution in [-0.4, -0.2) is 119 Å². The van der Waals surface area contributed by atoms with Gasteiger partial charge in [-0.05, 0) is 41.0 Å². The minimum atomic E-state index is -1.65. The molecule has 16 heteroatoms. The number of hydrogen-bond acceptors (Lipinski definition) is 13. The Morgan fingerprint density at radius 3 is 2.20 bits per heavy atom. The molecule has 0 bridgehead atoms. The average Bonchev–Trinajstić information content (AvgIpc) is 2.85. The van der Waals surface area contributed by atoms with Crippen LogP contribution in [0.2, 0.25) is 0 Å². The molecular weight excluding hydrogens is 548 g/mol. The minimum Gasteiger partial charge on any atom is -0.427 e. The Morgan fingerprint density at radius 2 is 1.71 bits per heavy atom. The number of nitrogens with two attached hydrogens (primary N) is 2. The van der Waals surface area contributed by atoms with Crippen LogP contribution < -0.4 is 16.8 Å². The van der Waals surface area contributed by atoms with Gasteiger partial charge in [0.1, 0.15) is 30.4 Å². The van der Waals surface area contributed by atoms with E-state index in [4.69, 9.17) is 30.4 Å². The van der Waals surface area contributed by atoms with Crippen molar-refractivity contribution >= 4 is 29.7 Å². The highest BCUT2D eigenvalue weighted by Crippen LogP contribution is 2.25. The van der Waals surface area contributed by atoms with Gasteiger partial charge in [-0.25, -0.2) is 4.79 Å². The largest absolute Gasteiger partial charge is 0.427 e. The Morgan fingerprint density at radius 1 is 1.10 bits per heavy atom. The Labute approximate surface area is 238 Å². The van der Waals surface area contributed by atoms with Crippen LogP contribution in [0, 0.1) is 5.41 Å². The molecule has 1 fully saturated rings. The predicted molar refractivity (Wildman–Crippen MR) is 140 cm³/mol. The number of aliphatic hydroxyl groups excluding tert-OH is 3. The zero-order chi connectivity index (χ0) is 31.7. The van der Waals surface area contributed by atoms with Crippen molar-refractivity contribution in [3.05, 3.63) is 0 Å².